The van der Waals surface area contributed by atoms with E-state index in [1.807, 2.05) is 0 Å². The topological polar surface area (TPSA) is 67.9 Å². The highest BCUT2D eigenvalue weighted by Crippen LogP contribution is 2.39. The van der Waals surface area contributed by atoms with Crippen molar-refractivity contribution in [1.82, 2.24) is 10.2 Å². The van der Waals surface area contributed by atoms with Crippen LogP contribution in [0.2, 0.25) is 5.02 Å². The lowest BCUT2D eigenvalue weighted by atomic mass is 9.92. The van der Waals surface area contributed by atoms with Gasteiger partial charge in [0.05, 0.1) is 6.54 Å². The second-order valence-electron chi connectivity index (χ2n) is 6.22. The number of hydrogen-bond donors (Lipinski definition) is 1. The van der Waals surface area contributed by atoms with Crippen LogP contribution < -0.4 is 14.8 Å². The molecule has 2 aromatic rings. The van der Waals surface area contributed by atoms with Crippen LogP contribution in [0, 0.1) is 0 Å². The molecule has 8 heteroatoms. The quantitative estimate of drug-likeness (QED) is 0.742. The molecule has 4 rings (SSSR count). The molecule has 1 N–H and O–H groups in total. The van der Waals surface area contributed by atoms with Gasteiger partial charge < -0.3 is 14.8 Å². The highest BCUT2D eigenvalue weighted by molar-refractivity contribution is 9.10. The fourth-order valence-corrected chi connectivity index (χ4v) is 3.91. The zero-order chi connectivity index (χ0) is 18.5. The van der Waals surface area contributed by atoms with Crippen molar-refractivity contribution in [3.05, 3.63) is 57.0 Å². The minimum absolute atomic E-state index is 0.0991. The number of fused-ring (bicyclic) bond motifs is 1. The molecule has 2 heterocycles. The third-order valence-corrected chi connectivity index (χ3v) is 5.63. The monoisotopic (exact) mass is 436 g/mol. The Morgan fingerprint density at radius 3 is 2.65 bits per heavy atom. The number of hydrogen-bond acceptors (Lipinski definition) is 4. The molecule has 0 saturated carbocycles. The van der Waals surface area contributed by atoms with E-state index in [9.17, 15) is 9.59 Å². The van der Waals surface area contributed by atoms with E-state index in [0.29, 0.717) is 22.1 Å². The van der Waals surface area contributed by atoms with Crippen molar-refractivity contribution < 1.29 is 19.1 Å². The first-order chi connectivity index (χ1) is 12.4. The summed E-state index contributed by atoms with van der Waals surface area (Å²) in [4.78, 5) is 26.7. The van der Waals surface area contributed by atoms with Crippen LogP contribution in [-0.4, -0.2) is 23.6 Å². The lowest BCUT2D eigenvalue weighted by molar-refractivity contribution is -0.131. The molecule has 0 aromatic heterocycles. The van der Waals surface area contributed by atoms with E-state index in [1.54, 1.807) is 43.3 Å². The predicted octanol–water partition coefficient (Wildman–Crippen LogP) is 3.80. The normalized spacial score (nSPS) is 21.3. The van der Waals surface area contributed by atoms with Gasteiger partial charge in [-0.1, -0.05) is 45.7 Å². The Labute approximate surface area is 163 Å². The first kappa shape index (κ1) is 17.2. The lowest BCUT2D eigenvalue weighted by Gasteiger charge is -2.23. The molecule has 2 aliphatic heterocycles. The Hall–Kier alpha value is -2.25. The SMILES string of the molecule is C[C@@]1(c2ccccc2Cl)NC(=O)N(Cc2cc3c(cc2Br)OCO3)C1=O. The molecule has 0 unspecified atom stereocenters. The molecule has 0 spiro atoms. The number of imide groups is 1. The highest BCUT2D eigenvalue weighted by Gasteiger charge is 2.49. The molecule has 26 heavy (non-hydrogen) atoms. The summed E-state index contributed by atoms with van der Waals surface area (Å²) in [5, 5.41) is 3.19. The molecule has 0 radical (unpaired) electrons. The summed E-state index contributed by atoms with van der Waals surface area (Å²) in [6.07, 6.45) is 0. The number of halogens is 2. The van der Waals surface area contributed by atoms with E-state index in [-0.39, 0.29) is 19.2 Å². The van der Waals surface area contributed by atoms with Crippen LogP contribution in [0.3, 0.4) is 0 Å². The van der Waals surface area contributed by atoms with Crippen LogP contribution in [0.15, 0.2) is 40.9 Å². The third-order valence-electron chi connectivity index (χ3n) is 4.56. The summed E-state index contributed by atoms with van der Waals surface area (Å²) in [6, 6.07) is 10.0. The Balaban J connectivity index is 1.66. The van der Waals surface area contributed by atoms with Crippen molar-refractivity contribution in [2.75, 3.05) is 6.79 Å². The summed E-state index contributed by atoms with van der Waals surface area (Å²) in [5.41, 5.74) is 0.0894. The van der Waals surface area contributed by atoms with Crippen molar-refractivity contribution in [1.29, 1.82) is 0 Å². The van der Waals surface area contributed by atoms with Gasteiger partial charge in [-0.3, -0.25) is 9.69 Å². The van der Waals surface area contributed by atoms with E-state index in [2.05, 4.69) is 21.2 Å². The summed E-state index contributed by atoms with van der Waals surface area (Å²) in [6.45, 7) is 1.91. The number of amides is 3. The van der Waals surface area contributed by atoms with Crippen LogP contribution in [-0.2, 0) is 16.9 Å². The average molecular weight is 438 g/mol. The molecule has 1 saturated heterocycles. The molecule has 2 aliphatic rings. The first-order valence-electron chi connectivity index (χ1n) is 7.87. The molecular weight excluding hydrogens is 424 g/mol. The van der Waals surface area contributed by atoms with Crippen molar-refractivity contribution >= 4 is 39.5 Å². The molecule has 1 atom stereocenters. The number of rotatable bonds is 3. The Morgan fingerprint density at radius 1 is 1.23 bits per heavy atom. The second-order valence-corrected chi connectivity index (χ2v) is 7.48. The van der Waals surface area contributed by atoms with Gasteiger partial charge in [0.15, 0.2) is 11.5 Å². The molecule has 0 bridgehead atoms. The van der Waals surface area contributed by atoms with Gasteiger partial charge in [-0.25, -0.2) is 4.79 Å². The number of urea groups is 1. The van der Waals surface area contributed by atoms with Gasteiger partial charge in [-0.2, -0.15) is 0 Å². The van der Waals surface area contributed by atoms with E-state index in [4.69, 9.17) is 21.1 Å². The molecule has 6 nitrogen and oxygen atoms in total. The zero-order valence-corrected chi connectivity index (χ0v) is 16.1. The minimum Gasteiger partial charge on any atom is -0.454 e. The molecule has 0 aliphatic carbocycles. The predicted molar refractivity (Wildman–Crippen MR) is 98.2 cm³/mol. The second kappa shape index (κ2) is 6.17. The standard InChI is InChI=1S/C18H14BrClN2O4/c1-18(11-4-2-3-5-13(11)20)16(23)22(17(24)21-18)8-10-6-14-15(7-12(10)19)26-9-25-14/h2-7H,8-9H2,1H3,(H,21,24)/t18-/m0/s1. The Morgan fingerprint density at radius 2 is 1.92 bits per heavy atom. The maximum Gasteiger partial charge on any atom is 0.325 e. The van der Waals surface area contributed by atoms with Crippen molar-refractivity contribution in [3.63, 3.8) is 0 Å². The van der Waals surface area contributed by atoms with Gasteiger partial charge >= 0.3 is 6.03 Å². The summed E-state index contributed by atoms with van der Waals surface area (Å²) in [7, 11) is 0. The van der Waals surface area contributed by atoms with Crippen LogP contribution in [0.5, 0.6) is 11.5 Å². The van der Waals surface area contributed by atoms with Gasteiger partial charge in [-0.15, -0.1) is 0 Å². The van der Waals surface area contributed by atoms with Gasteiger partial charge in [0.25, 0.3) is 5.91 Å². The highest BCUT2D eigenvalue weighted by atomic mass is 79.9. The van der Waals surface area contributed by atoms with E-state index < -0.39 is 11.6 Å². The fourth-order valence-electron chi connectivity index (χ4n) is 3.14. The number of ether oxygens (including phenoxy) is 2. The zero-order valence-electron chi connectivity index (χ0n) is 13.7. The van der Waals surface area contributed by atoms with E-state index in [1.165, 1.54) is 4.90 Å². The van der Waals surface area contributed by atoms with Crippen LogP contribution in [0.1, 0.15) is 18.1 Å². The molecule has 1 fully saturated rings. The van der Waals surface area contributed by atoms with Crippen molar-refractivity contribution in [3.8, 4) is 11.5 Å². The fraction of sp³-hybridized carbons (Fsp3) is 0.222. The smallest absolute Gasteiger partial charge is 0.325 e. The Kier molecular flexibility index (Phi) is 4.08. The van der Waals surface area contributed by atoms with Crippen LogP contribution in [0.4, 0.5) is 4.79 Å². The number of carbonyl (C=O) groups is 2. The number of benzene rings is 2. The van der Waals surface area contributed by atoms with Gasteiger partial charge in [-0.05, 0) is 30.7 Å². The van der Waals surface area contributed by atoms with E-state index in [0.717, 1.165) is 10.0 Å². The third kappa shape index (κ3) is 2.62. The van der Waals surface area contributed by atoms with Gasteiger partial charge in [0.1, 0.15) is 5.54 Å². The van der Waals surface area contributed by atoms with Gasteiger partial charge in [0, 0.05) is 15.1 Å². The maximum absolute atomic E-state index is 13.1. The van der Waals surface area contributed by atoms with Crippen LogP contribution in [0.25, 0.3) is 0 Å². The van der Waals surface area contributed by atoms with Crippen molar-refractivity contribution in [2.45, 2.75) is 19.0 Å². The summed E-state index contributed by atoms with van der Waals surface area (Å²) >= 11 is 9.70. The number of nitrogens with zero attached hydrogens (tertiary/aromatic N) is 1. The largest absolute Gasteiger partial charge is 0.454 e. The average Bonchev–Trinajstić information content (AvgIpc) is 3.13. The molecule has 134 valence electrons. The minimum atomic E-state index is -1.21. The molecule has 3 amide bonds. The number of carbonyl (C=O) groups excluding carboxylic acids is 2. The first-order valence-corrected chi connectivity index (χ1v) is 9.04. The Bertz CT molecular complexity index is 935. The maximum atomic E-state index is 13.1. The number of nitrogens with one attached hydrogen (secondary N) is 1. The summed E-state index contributed by atoms with van der Waals surface area (Å²) in [5.74, 6) is 0.850. The van der Waals surface area contributed by atoms with Gasteiger partial charge in [0.2, 0.25) is 6.79 Å². The molecular formula is C18H14BrClN2O4. The summed E-state index contributed by atoms with van der Waals surface area (Å²) < 4.78 is 11.4. The van der Waals surface area contributed by atoms with E-state index >= 15 is 0 Å². The molecule has 2 aromatic carbocycles. The van der Waals surface area contributed by atoms with Crippen molar-refractivity contribution in [2.24, 2.45) is 0 Å². The lowest BCUT2D eigenvalue weighted by Crippen LogP contribution is -2.41. The van der Waals surface area contributed by atoms with Crippen LogP contribution >= 0.6 is 27.5 Å².